The van der Waals surface area contributed by atoms with E-state index < -0.39 is 0 Å². The van der Waals surface area contributed by atoms with Crippen LogP contribution in [0.15, 0.2) is 6.33 Å². The van der Waals surface area contributed by atoms with Crippen LogP contribution >= 0.6 is 12.8 Å². The van der Waals surface area contributed by atoms with Crippen molar-refractivity contribution in [3.05, 3.63) is 6.33 Å². The summed E-state index contributed by atoms with van der Waals surface area (Å²) in [5.74, 6) is 5.83. The number of thiol groups is 1. The molecule has 0 unspecified atom stereocenters. The lowest BCUT2D eigenvalue weighted by Crippen LogP contribution is -2.27. The van der Waals surface area contributed by atoms with E-state index in [0.717, 1.165) is 0 Å². The van der Waals surface area contributed by atoms with Crippen molar-refractivity contribution in [2.24, 2.45) is 5.84 Å². The van der Waals surface area contributed by atoms with E-state index >= 15 is 0 Å². The van der Waals surface area contributed by atoms with E-state index in [4.69, 9.17) is 5.84 Å². The first-order valence-corrected chi connectivity index (χ1v) is 2.69. The molecule has 0 saturated heterocycles. The highest BCUT2D eigenvalue weighted by Gasteiger charge is 2.00. The minimum atomic E-state index is 0.512. The molecule has 6 heteroatoms. The molecule has 1 aromatic heterocycles. The van der Waals surface area contributed by atoms with Crippen LogP contribution in [0.2, 0.25) is 0 Å². The number of rotatable bonds is 1. The molecule has 0 amide bonds. The summed E-state index contributed by atoms with van der Waals surface area (Å²) in [5, 5.41) is 5.02. The number of nitrogens with zero attached hydrogens (tertiary/aromatic N) is 4. The fraction of sp³-hybridized carbons (Fsp3) is 0.333. The zero-order chi connectivity index (χ0) is 6.85. The van der Waals surface area contributed by atoms with Crippen LogP contribution in [0, 0.1) is 0 Å². The van der Waals surface area contributed by atoms with E-state index in [1.807, 2.05) is 0 Å². The Morgan fingerprint density at radius 1 is 1.89 bits per heavy atom. The van der Waals surface area contributed by atoms with Crippen LogP contribution in [0.25, 0.3) is 0 Å². The van der Waals surface area contributed by atoms with Gasteiger partial charge >= 0.3 is 0 Å². The molecule has 0 radical (unpaired) electrons. The molecular formula is C3H7N5S. The maximum Gasteiger partial charge on any atom is 0.248 e. The van der Waals surface area contributed by atoms with Gasteiger partial charge in [0.05, 0.1) is 0 Å². The van der Waals surface area contributed by atoms with Crippen molar-refractivity contribution >= 4 is 18.8 Å². The Labute approximate surface area is 58.0 Å². The van der Waals surface area contributed by atoms with Crippen LogP contribution in [0.3, 0.4) is 0 Å². The lowest BCUT2D eigenvalue weighted by molar-refractivity contribution is 0.906. The van der Waals surface area contributed by atoms with E-state index in [1.165, 1.54) is 15.4 Å². The molecule has 0 spiro atoms. The third-order valence-electron chi connectivity index (χ3n) is 0.829. The van der Waals surface area contributed by atoms with Crippen LogP contribution in [-0.4, -0.2) is 21.2 Å². The molecule has 0 aliphatic rings. The molecule has 0 aromatic carbocycles. The topological polar surface area (TPSA) is 60.0 Å². The summed E-state index contributed by atoms with van der Waals surface area (Å²) in [6, 6.07) is 0. The Bertz CT molecular complexity index is 194. The number of anilines is 1. The van der Waals surface area contributed by atoms with Crippen LogP contribution in [0.5, 0.6) is 0 Å². The zero-order valence-electron chi connectivity index (χ0n) is 4.89. The third-order valence-corrected chi connectivity index (χ3v) is 1.11. The van der Waals surface area contributed by atoms with Gasteiger partial charge in [0.2, 0.25) is 5.95 Å². The molecule has 0 atom stereocenters. The Balaban J connectivity index is 2.94. The fourth-order valence-electron chi connectivity index (χ4n) is 0.462. The van der Waals surface area contributed by atoms with Crippen LogP contribution < -0.4 is 10.9 Å². The minimum Gasteiger partial charge on any atom is -0.281 e. The van der Waals surface area contributed by atoms with Crippen molar-refractivity contribution in [2.45, 2.75) is 0 Å². The Morgan fingerprint density at radius 2 is 2.56 bits per heavy atom. The van der Waals surface area contributed by atoms with Gasteiger partial charge in [-0.25, -0.2) is 5.84 Å². The van der Waals surface area contributed by atoms with Gasteiger partial charge in [0, 0.05) is 7.05 Å². The van der Waals surface area contributed by atoms with E-state index in [9.17, 15) is 0 Å². The van der Waals surface area contributed by atoms with Gasteiger partial charge in [-0.05, 0) is 12.8 Å². The molecule has 2 N–H and O–H groups in total. The third kappa shape index (κ3) is 1.14. The van der Waals surface area contributed by atoms with Crippen molar-refractivity contribution in [1.29, 1.82) is 0 Å². The van der Waals surface area contributed by atoms with Gasteiger partial charge in [0.1, 0.15) is 6.33 Å². The molecule has 1 aromatic rings. The number of hydrazine groups is 1. The highest BCUT2D eigenvalue weighted by molar-refractivity contribution is 7.78. The predicted molar refractivity (Wildman–Crippen MR) is 37.0 cm³/mol. The molecule has 0 aliphatic carbocycles. The highest BCUT2D eigenvalue weighted by Crippen LogP contribution is 2.02. The lowest BCUT2D eigenvalue weighted by atomic mass is 11.0. The average Bonchev–Trinajstić information content (AvgIpc) is 2.13. The van der Waals surface area contributed by atoms with Gasteiger partial charge in [0.15, 0.2) is 0 Å². The molecule has 0 saturated carbocycles. The molecule has 9 heavy (non-hydrogen) atoms. The van der Waals surface area contributed by atoms with Crippen molar-refractivity contribution in [3.63, 3.8) is 0 Å². The molecule has 1 heterocycles. The molecule has 0 aliphatic heterocycles. The summed E-state index contributed by atoms with van der Waals surface area (Å²) >= 11 is 3.91. The normalized spacial score (nSPS) is 9.67. The second-order valence-corrected chi connectivity index (χ2v) is 1.94. The molecule has 1 rings (SSSR count). The second-order valence-electron chi connectivity index (χ2n) is 1.56. The highest BCUT2D eigenvalue weighted by atomic mass is 32.1. The van der Waals surface area contributed by atoms with Gasteiger partial charge in [-0.3, -0.25) is 5.01 Å². The number of hydrogen-bond donors (Lipinski definition) is 2. The molecule has 50 valence electrons. The van der Waals surface area contributed by atoms with Gasteiger partial charge < -0.3 is 0 Å². The Hall–Kier alpha value is -0.750. The summed E-state index contributed by atoms with van der Waals surface area (Å²) < 4.78 is 1.29. The predicted octanol–water partition coefficient (Wildman–Crippen LogP) is -0.719. The number of hydrogen-bond acceptors (Lipinski definition) is 5. The summed E-state index contributed by atoms with van der Waals surface area (Å²) in [5.41, 5.74) is 0. The quantitative estimate of drug-likeness (QED) is 0.311. The number of nitrogens with two attached hydrogens (primary N) is 1. The van der Waals surface area contributed by atoms with Gasteiger partial charge in [0.25, 0.3) is 0 Å². The maximum absolute atomic E-state index is 5.32. The first-order chi connectivity index (χ1) is 4.22. The Kier molecular flexibility index (Phi) is 1.58. The van der Waals surface area contributed by atoms with E-state index in [0.29, 0.717) is 5.95 Å². The van der Waals surface area contributed by atoms with Crippen molar-refractivity contribution in [3.8, 4) is 0 Å². The van der Waals surface area contributed by atoms with E-state index in [2.05, 4.69) is 22.9 Å². The summed E-state index contributed by atoms with van der Waals surface area (Å²) in [7, 11) is 1.66. The SMILES string of the molecule is CN(N)c1ncnn1S. The fourth-order valence-corrected chi connectivity index (χ4v) is 0.701. The lowest BCUT2D eigenvalue weighted by Gasteiger charge is -2.07. The monoisotopic (exact) mass is 145 g/mol. The first kappa shape index (κ1) is 6.37. The second kappa shape index (κ2) is 2.24. The molecule has 0 bridgehead atoms. The summed E-state index contributed by atoms with van der Waals surface area (Å²) in [6.07, 6.45) is 1.38. The van der Waals surface area contributed by atoms with Crippen LogP contribution in [-0.2, 0) is 0 Å². The summed E-state index contributed by atoms with van der Waals surface area (Å²) in [6.45, 7) is 0. The number of aromatic nitrogens is 3. The van der Waals surface area contributed by atoms with Crippen molar-refractivity contribution < 1.29 is 0 Å². The minimum absolute atomic E-state index is 0.512. The molecule has 0 fully saturated rings. The van der Waals surface area contributed by atoms with E-state index in [-0.39, 0.29) is 0 Å². The van der Waals surface area contributed by atoms with Gasteiger partial charge in [-0.15, -0.1) is 5.10 Å². The molecule has 5 nitrogen and oxygen atoms in total. The largest absolute Gasteiger partial charge is 0.281 e. The average molecular weight is 145 g/mol. The van der Waals surface area contributed by atoms with Crippen molar-refractivity contribution in [1.82, 2.24) is 14.2 Å². The van der Waals surface area contributed by atoms with Crippen LogP contribution in [0.1, 0.15) is 0 Å². The zero-order valence-corrected chi connectivity index (χ0v) is 5.79. The smallest absolute Gasteiger partial charge is 0.248 e. The van der Waals surface area contributed by atoms with Gasteiger partial charge in [-0.1, -0.05) is 0 Å². The standard InChI is InChI=1S/C3H7N5S/c1-7(4)3-5-2-6-8(3)9/h2,9H,4H2,1H3. The maximum atomic E-state index is 5.32. The summed E-state index contributed by atoms with van der Waals surface area (Å²) in [4.78, 5) is 3.79. The van der Waals surface area contributed by atoms with Crippen molar-refractivity contribution in [2.75, 3.05) is 12.1 Å². The molecular weight excluding hydrogens is 138 g/mol. The first-order valence-electron chi connectivity index (χ1n) is 2.29. The van der Waals surface area contributed by atoms with Crippen LogP contribution in [0.4, 0.5) is 5.95 Å². The Morgan fingerprint density at radius 3 is 2.78 bits per heavy atom. The van der Waals surface area contributed by atoms with E-state index in [1.54, 1.807) is 7.05 Å². The van der Waals surface area contributed by atoms with Gasteiger partial charge in [-0.2, -0.15) is 9.07 Å².